The average molecular weight is 328 g/mol. The normalized spacial score (nSPS) is 10.0. The second-order valence-corrected chi connectivity index (χ2v) is 3.56. The molecule has 0 aliphatic heterocycles. The van der Waals surface area contributed by atoms with Gasteiger partial charge >= 0.3 is 79.0 Å². The molecule has 0 aliphatic carbocycles. The van der Waals surface area contributed by atoms with Crippen LogP contribution in [0, 0.1) is 0 Å². The molecule has 0 rings (SSSR count). The zero-order valence-corrected chi connectivity index (χ0v) is 10.1. The minimum atomic E-state index is 0.625. The van der Waals surface area contributed by atoms with E-state index >= 15 is 0 Å². The van der Waals surface area contributed by atoms with Crippen molar-refractivity contribution < 1.29 is 24.1 Å². The number of hydrogen-bond acceptors (Lipinski definition) is 3. The van der Waals surface area contributed by atoms with Crippen molar-refractivity contribution in [3.63, 3.8) is 0 Å². The summed E-state index contributed by atoms with van der Waals surface area (Å²) in [4.78, 5) is 0. The Labute approximate surface area is 79.3 Å². The number of hydrogen-bond donors (Lipinski definition) is 2. The summed E-state index contributed by atoms with van der Waals surface area (Å²) in [5.41, 5.74) is 0. The van der Waals surface area contributed by atoms with Gasteiger partial charge in [-0.2, -0.15) is 0 Å². The van der Waals surface area contributed by atoms with Crippen molar-refractivity contribution in [2.24, 2.45) is 0 Å². The fourth-order valence-electron chi connectivity index (χ4n) is 0.556. The van der Waals surface area contributed by atoms with Crippen LogP contribution in [0.15, 0.2) is 0 Å². The van der Waals surface area contributed by atoms with Crippen molar-refractivity contribution in [1.29, 1.82) is 0 Å². The van der Waals surface area contributed by atoms with Crippen molar-refractivity contribution >= 4 is 4.15 Å². The summed E-state index contributed by atoms with van der Waals surface area (Å²) in [5, 5.41) is 6.32. The van der Waals surface area contributed by atoms with Crippen LogP contribution in [0.25, 0.3) is 0 Å². The zero-order chi connectivity index (χ0) is 8.53. The van der Waals surface area contributed by atoms with Crippen molar-refractivity contribution in [2.75, 3.05) is 19.9 Å². The first kappa shape index (κ1) is 11.4. The summed E-state index contributed by atoms with van der Waals surface area (Å²) in [6.07, 6.45) is 1.08. The molecule has 0 aromatic heterocycles. The molecule has 0 saturated carbocycles. The molecule has 11 heavy (non-hydrogen) atoms. The Morgan fingerprint density at radius 2 is 2.09 bits per heavy atom. The van der Waals surface area contributed by atoms with Gasteiger partial charge in [0.2, 0.25) is 0 Å². The second kappa shape index (κ2) is 8.53. The Kier molecular flexibility index (Phi) is 8.87. The molecule has 3 nitrogen and oxygen atoms in total. The van der Waals surface area contributed by atoms with Crippen LogP contribution >= 0.6 is 0 Å². The molecule has 0 saturated heterocycles. The molecule has 0 unspecified atom stereocenters. The summed E-state index contributed by atoms with van der Waals surface area (Å²) in [6.45, 7) is 6.62. The third-order valence-electron chi connectivity index (χ3n) is 1.02. The Hall–Kier alpha value is 0.438. The summed E-state index contributed by atoms with van der Waals surface area (Å²) < 4.78 is 6.40. The number of nitrogens with one attached hydrogen (secondary N) is 2. The summed E-state index contributed by atoms with van der Waals surface area (Å²) >= 11 is 1.42. The molecule has 0 aromatic carbocycles. The predicted molar refractivity (Wildman–Crippen MR) is 42.9 cm³/mol. The fraction of sp³-hybridized carbons (Fsp3) is 0.857. The van der Waals surface area contributed by atoms with E-state index in [4.69, 9.17) is 4.74 Å². The first-order chi connectivity index (χ1) is 5.31. The predicted octanol–water partition coefficient (Wildman–Crippen LogP) is 0.204. The molecule has 0 radical (unpaired) electrons. The third-order valence-corrected chi connectivity index (χ3v) is 2.06. The fourth-order valence-corrected chi connectivity index (χ4v) is 1.29. The summed E-state index contributed by atoms with van der Waals surface area (Å²) in [6, 6.07) is 0. The van der Waals surface area contributed by atoms with E-state index in [9.17, 15) is 0 Å². The van der Waals surface area contributed by atoms with Crippen molar-refractivity contribution in [3.05, 3.63) is 0 Å². The van der Waals surface area contributed by atoms with Crippen LogP contribution in [0.1, 0.15) is 20.3 Å². The van der Waals surface area contributed by atoms with Crippen LogP contribution in [0.4, 0.5) is 0 Å². The first-order valence-electron chi connectivity index (χ1n) is 3.90. The van der Waals surface area contributed by atoms with E-state index in [0.717, 1.165) is 23.7 Å². The molecular weight excluding hydrogens is 312 g/mol. The molecule has 0 heterocycles. The standard InChI is InChI=1S/C7H16N2O.W/c1-3-5-10-7-9-6-8-4-2;/h8-9H,3-5,7H2,1-2H3;. The molecule has 0 aliphatic rings. The van der Waals surface area contributed by atoms with E-state index in [2.05, 4.69) is 24.5 Å². The molecule has 0 amide bonds. The second-order valence-electron chi connectivity index (χ2n) is 2.09. The van der Waals surface area contributed by atoms with E-state index in [0.29, 0.717) is 6.73 Å². The molecule has 0 aromatic rings. The van der Waals surface area contributed by atoms with E-state index in [-0.39, 0.29) is 0 Å². The van der Waals surface area contributed by atoms with Gasteiger partial charge in [0.05, 0.1) is 0 Å². The molecule has 4 heteroatoms. The Bertz CT molecular complexity index is 109. The SMILES string of the molecule is CCCOCN[C](=[W])NCC. The topological polar surface area (TPSA) is 33.3 Å². The number of ether oxygens (including phenoxy) is 1. The quantitative estimate of drug-likeness (QED) is 0.518. The van der Waals surface area contributed by atoms with E-state index in [1.807, 2.05) is 0 Å². The van der Waals surface area contributed by atoms with E-state index in [1.54, 1.807) is 0 Å². The summed E-state index contributed by atoms with van der Waals surface area (Å²) in [5.74, 6) is 0. The molecular formula is C7H16N2OW. The van der Waals surface area contributed by atoms with Crippen molar-refractivity contribution in [3.8, 4) is 0 Å². The Morgan fingerprint density at radius 3 is 2.64 bits per heavy atom. The maximum absolute atomic E-state index is 5.24. The molecule has 2 N–H and O–H groups in total. The average Bonchev–Trinajstić information content (AvgIpc) is 1.99. The van der Waals surface area contributed by atoms with Crippen LogP contribution in [-0.2, 0) is 24.1 Å². The van der Waals surface area contributed by atoms with Crippen LogP contribution in [0.2, 0.25) is 0 Å². The van der Waals surface area contributed by atoms with Gasteiger partial charge in [0.15, 0.2) is 0 Å². The van der Waals surface area contributed by atoms with Crippen LogP contribution in [0.3, 0.4) is 0 Å². The molecule has 0 fully saturated rings. The van der Waals surface area contributed by atoms with Gasteiger partial charge in [-0.15, -0.1) is 0 Å². The van der Waals surface area contributed by atoms with Gasteiger partial charge in [0.1, 0.15) is 0 Å². The molecule has 0 spiro atoms. The van der Waals surface area contributed by atoms with E-state index in [1.165, 1.54) is 19.4 Å². The van der Waals surface area contributed by atoms with Gasteiger partial charge < -0.3 is 0 Å². The third kappa shape index (κ3) is 8.34. The van der Waals surface area contributed by atoms with Crippen LogP contribution in [0.5, 0.6) is 0 Å². The van der Waals surface area contributed by atoms with Gasteiger partial charge in [-0.1, -0.05) is 0 Å². The van der Waals surface area contributed by atoms with Gasteiger partial charge in [-0.05, 0) is 0 Å². The molecule has 0 bridgehead atoms. The van der Waals surface area contributed by atoms with Gasteiger partial charge in [-0.25, -0.2) is 0 Å². The van der Waals surface area contributed by atoms with Crippen LogP contribution in [-0.4, -0.2) is 24.0 Å². The number of rotatable bonds is 7. The maximum atomic E-state index is 5.24. The van der Waals surface area contributed by atoms with Gasteiger partial charge in [-0.3, -0.25) is 0 Å². The van der Waals surface area contributed by atoms with Crippen LogP contribution < -0.4 is 10.6 Å². The Balaban J connectivity index is 3.04. The van der Waals surface area contributed by atoms with Crippen molar-refractivity contribution in [1.82, 2.24) is 10.6 Å². The minimum absolute atomic E-state index is 0.625. The monoisotopic (exact) mass is 328 g/mol. The summed E-state index contributed by atoms with van der Waals surface area (Å²) in [7, 11) is 0. The molecule has 0 atom stereocenters. The molecule has 66 valence electrons. The van der Waals surface area contributed by atoms with Gasteiger partial charge in [0, 0.05) is 0 Å². The van der Waals surface area contributed by atoms with Gasteiger partial charge in [0.25, 0.3) is 0 Å². The van der Waals surface area contributed by atoms with Crippen molar-refractivity contribution in [2.45, 2.75) is 20.3 Å². The Morgan fingerprint density at radius 1 is 1.36 bits per heavy atom. The zero-order valence-electron chi connectivity index (χ0n) is 7.14. The first-order valence-corrected chi connectivity index (χ1v) is 5.37. The van der Waals surface area contributed by atoms with E-state index < -0.39 is 0 Å².